The molecule has 0 radical (unpaired) electrons. The lowest BCUT2D eigenvalue weighted by Crippen LogP contribution is -2.49. The van der Waals surface area contributed by atoms with Gasteiger partial charge in [-0.2, -0.15) is 0 Å². The van der Waals surface area contributed by atoms with Gasteiger partial charge in [0.05, 0.1) is 0 Å². The van der Waals surface area contributed by atoms with Crippen molar-refractivity contribution < 1.29 is 0 Å². The molecule has 0 aromatic heterocycles. The topological polar surface area (TPSA) is 39.3 Å². The predicted octanol–water partition coefficient (Wildman–Crippen LogP) is -0.0124. The minimum Gasteiger partial charge on any atom is -0.358 e. The zero-order valence-electron chi connectivity index (χ0n) is 7.76. The zero-order chi connectivity index (χ0) is 10.3. The highest BCUT2D eigenvalue weighted by Crippen LogP contribution is 1.74. The van der Waals surface area contributed by atoms with Crippen LogP contribution in [0.25, 0.3) is 0 Å². The Morgan fingerprint density at radius 2 is 2.00 bits per heavy atom. The lowest BCUT2D eigenvalue weighted by atomic mass is 10.6. The van der Waals surface area contributed by atoms with Crippen molar-refractivity contribution in [2.24, 2.45) is 0 Å². The molecule has 0 aliphatic carbocycles. The van der Waals surface area contributed by atoms with Crippen molar-refractivity contribution in [2.45, 2.75) is 0 Å². The molecule has 0 aromatic rings. The Balaban J connectivity index is 3.57. The van der Waals surface area contributed by atoms with Crippen molar-refractivity contribution in [3.05, 3.63) is 12.7 Å². The van der Waals surface area contributed by atoms with Gasteiger partial charge in [0.15, 0.2) is 10.2 Å². The minimum atomic E-state index is 0.490. The van der Waals surface area contributed by atoms with Crippen molar-refractivity contribution in [3.63, 3.8) is 0 Å². The second kappa shape index (κ2) is 6.62. The molecule has 3 N–H and O–H groups in total. The summed E-state index contributed by atoms with van der Waals surface area (Å²) in [5.74, 6) is 0. The van der Waals surface area contributed by atoms with E-state index in [9.17, 15) is 0 Å². The molecule has 0 saturated carbocycles. The molecule has 0 aromatic carbocycles. The smallest absolute Gasteiger partial charge is 0.187 e. The van der Waals surface area contributed by atoms with E-state index < -0.39 is 0 Å². The quantitative estimate of drug-likeness (QED) is 0.344. The normalized spacial score (nSPS) is 8.46. The molecule has 13 heavy (non-hydrogen) atoms. The van der Waals surface area contributed by atoms with E-state index in [0.717, 1.165) is 0 Å². The molecule has 0 spiro atoms. The fraction of sp³-hybridized carbons (Fsp3) is 0.429. The number of thiocarbonyl (C=S) groups is 2. The molecule has 0 rings (SSSR count). The first kappa shape index (κ1) is 12.1. The van der Waals surface area contributed by atoms with E-state index in [1.807, 2.05) is 14.1 Å². The molecule has 0 atom stereocenters. The summed E-state index contributed by atoms with van der Waals surface area (Å²) < 4.78 is 0. The van der Waals surface area contributed by atoms with Crippen LogP contribution in [-0.4, -0.2) is 35.8 Å². The highest BCUT2D eigenvalue weighted by Gasteiger charge is 1.97. The van der Waals surface area contributed by atoms with Crippen LogP contribution in [0.15, 0.2) is 12.7 Å². The summed E-state index contributed by atoms with van der Waals surface area (Å²) in [6, 6.07) is 0. The molecule has 6 heteroatoms. The lowest BCUT2D eigenvalue weighted by Gasteiger charge is -2.17. The second-order valence-electron chi connectivity index (χ2n) is 2.45. The van der Waals surface area contributed by atoms with Gasteiger partial charge in [-0.25, -0.2) is 0 Å². The molecule has 74 valence electrons. The van der Waals surface area contributed by atoms with Crippen molar-refractivity contribution >= 4 is 34.7 Å². The van der Waals surface area contributed by atoms with Crippen LogP contribution in [0, 0.1) is 0 Å². The third-order valence-corrected chi connectivity index (χ3v) is 1.81. The summed E-state index contributed by atoms with van der Waals surface area (Å²) in [5, 5.41) is 3.95. The molecule has 0 amide bonds. The van der Waals surface area contributed by atoms with E-state index in [1.165, 1.54) is 0 Å². The van der Waals surface area contributed by atoms with Gasteiger partial charge in [0.2, 0.25) is 0 Å². The van der Waals surface area contributed by atoms with E-state index in [-0.39, 0.29) is 0 Å². The Morgan fingerprint density at radius 3 is 2.46 bits per heavy atom. The average molecular weight is 218 g/mol. The van der Waals surface area contributed by atoms with Gasteiger partial charge in [0, 0.05) is 20.6 Å². The minimum absolute atomic E-state index is 0.490. The summed E-state index contributed by atoms with van der Waals surface area (Å²) in [5.41, 5.74) is 5.50. The van der Waals surface area contributed by atoms with Crippen LogP contribution in [0.3, 0.4) is 0 Å². The first-order chi connectivity index (χ1) is 6.07. The maximum Gasteiger partial charge on any atom is 0.187 e. The van der Waals surface area contributed by atoms with Gasteiger partial charge in [-0.05, 0) is 24.4 Å². The summed E-state index contributed by atoms with van der Waals surface area (Å²) >= 11 is 9.87. The molecular formula is C7H14N4S2. The monoisotopic (exact) mass is 218 g/mol. The molecule has 0 heterocycles. The van der Waals surface area contributed by atoms with Gasteiger partial charge in [-0.3, -0.25) is 10.9 Å². The van der Waals surface area contributed by atoms with Crippen molar-refractivity contribution in [2.75, 3.05) is 20.6 Å². The highest BCUT2D eigenvalue weighted by molar-refractivity contribution is 7.80. The summed E-state index contributed by atoms with van der Waals surface area (Å²) in [4.78, 5) is 1.76. The highest BCUT2D eigenvalue weighted by atomic mass is 32.1. The van der Waals surface area contributed by atoms with Crippen LogP contribution in [0.2, 0.25) is 0 Å². The molecule has 0 bridgehead atoms. The standard InChI is InChI=1S/C7H14N4S2/c1-4-5-8-6(12)9-10-7(13)11(2)3/h4H,1,5H2,2-3H3,(H,10,13)(H2,8,9,12). The van der Waals surface area contributed by atoms with Crippen LogP contribution >= 0.6 is 24.4 Å². The molecule has 4 nitrogen and oxygen atoms in total. The van der Waals surface area contributed by atoms with E-state index >= 15 is 0 Å². The summed E-state index contributed by atoms with van der Waals surface area (Å²) in [7, 11) is 3.69. The first-order valence-electron chi connectivity index (χ1n) is 3.70. The summed E-state index contributed by atoms with van der Waals surface area (Å²) in [6.07, 6.45) is 1.72. The number of hydrazine groups is 1. The van der Waals surface area contributed by atoms with E-state index in [0.29, 0.717) is 16.8 Å². The van der Waals surface area contributed by atoms with Crippen LogP contribution in [-0.2, 0) is 0 Å². The Kier molecular flexibility index (Phi) is 6.17. The SMILES string of the molecule is C=CCNC(=S)NNC(=S)N(C)C. The van der Waals surface area contributed by atoms with Gasteiger partial charge in [-0.1, -0.05) is 6.08 Å². The average Bonchev–Trinajstić information content (AvgIpc) is 2.10. The van der Waals surface area contributed by atoms with E-state index in [4.69, 9.17) is 24.4 Å². The fourth-order valence-corrected chi connectivity index (χ4v) is 0.616. The zero-order valence-corrected chi connectivity index (χ0v) is 9.39. The maximum atomic E-state index is 4.95. The Bertz CT molecular complexity index is 203. The van der Waals surface area contributed by atoms with Gasteiger partial charge in [-0.15, -0.1) is 6.58 Å². The predicted molar refractivity (Wildman–Crippen MR) is 63.4 cm³/mol. The lowest BCUT2D eigenvalue weighted by molar-refractivity contribution is 0.592. The number of hydrogen-bond acceptors (Lipinski definition) is 2. The van der Waals surface area contributed by atoms with Crippen molar-refractivity contribution in [1.82, 2.24) is 21.1 Å². The van der Waals surface area contributed by atoms with Crippen molar-refractivity contribution in [1.29, 1.82) is 0 Å². The number of nitrogens with one attached hydrogen (secondary N) is 3. The number of rotatable bonds is 2. The largest absolute Gasteiger partial charge is 0.358 e. The van der Waals surface area contributed by atoms with Crippen LogP contribution in [0.5, 0.6) is 0 Å². The van der Waals surface area contributed by atoms with Crippen LogP contribution < -0.4 is 16.2 Å². The van der Waals surface area contributed by atoms with E-state index in [2.05, 4.69) is 22.7 Å². The maximum absolute atomic E-state index is 4.95. The van der Waals surface area contributed by atoms with Gasteiger partial charge < -0.3 is 10.2 Å². The summed E-state index contributed by atoms with van der Waals surface area (Å²) in [6.45, 7) is 4.18. The molecule has 0 saturated heterocycles. The molecule has 0 aliphatic rings. The Morgan fingerprint density at radius 1 is 1.38 bits per heavy atom. The van der Waals surface area contributed by atoms with Gasteiger partial charge >= 0.3 is 0 Å². The first-order valence-corrected chi connectivity index (χ1v) is 4.51. The van der Waals surface area contributed by atoms with E-state index in [1.54, 1.807) is 11.0 Å². The third kappa shape index (κ3) is 6.30. The van der Waals surface area contributed by atoms with Gasteiger partial charge in [0.1, 0.15) is 0 Å². The third-order valence-electron chi connectivity index (χ3n) is 1.10. The molecule has 0 fully saturated rings. The Hall–Kier alpha value is -0.880. The molecule has 0 unspecified atom stereocenters. The van der Waals surface area contributed by atoms with Crippen LogP contribution in [0.1, 0.15) is 0 Å². The number of nitrogens with zero attached hydrogens (tertiary/aromatic N) is 1. The Labute approximate surface area is 89.3 Å². The molecular weight excluding hydrogens is 204 g/mol. The number of hydrogen-bond donors (Lipinski definition) is 3. The fourth-order valence-electron chi connectivity index (χ4n) is 0.431. The second-order valence-corrected chi connectivity index (χ2v) is 3.24. The van der Waals surface area contributed by atoms with Gasteiger partial charge in [0.25, 0.3) is 0 Å². The molecule has 0 aliphatic heterocycles. The van der Waals surface area contributed by atoms with Crippen LogP contribution in [0.4, 0.5) is 0 Å². The van der Waals surface area contributed by atoms with Crippen molar-refractivity contribution in [3.8, 4) is 0 Å².